The van der Waals surface area contributed by atoms with Gasteiger partial charge in [-0.25, -0.2) is 0 Å². The lowest BCUT2D eigenvalue weighted by Gasteiger charge is -2.38. The smallest absolute Gasteiger partial charge is 0.183 e. The number of benzene rings is 2. The number of hydrogen-bond acceptors (Lipinski definition) is 3. The predicted molar refractivity (Wildman–Crippen MR) is 106 cm³/mol. The maximum Gasteiger partial charge on any atom is 0.183 e. The number of nitrogens with zero attached hydrogens (tertiary/aromatic N) is 2. The molecule has 1 atom stereocenters. The van der Waals surface area contributed by atoms with Crippen molar-refractivity contribution in [1.82, 2.24) is 4.90 Å². The summed E-state index contributed by atoms with van der Waals surface area (Å²) in [6, 6.07) is 18.0. The minimum Gasteiger partial charge on any atom is -0.378 e. The zero-order valence-corrected chi connectivity index (χ0v) is 15.7. The van der Waals surface area contributed by atoms with Gasteiger partial charge in [0.1, 0.15) is 0 Å². The molecule has 0 aliphatic carbocycles. The van der Waals surface area contributed by atoms with E-state index < -0.39 is 5.54 Å². The Morgan fingerprint density at radius 2 is 1.60 bits per heavy atom. The molecule has 0 bridgehead atoms. The Morgan fingerprint density at radius 1 is 1.00 bits per heavy atom. The van der Waals surface area contributed by atoms with Crippen LogP contribution in [0.3, 0.4) is 0 Å². The summed E-state index contributed by atoms with van der Waals surface area (Å²) in [7, 11) is 7.93. The van der Waals surface area contributed by atoms with Crippen LogP contribution in [0.5, 0.6) is 0 Å². The molecule has 0 aliphatic heterocycles. The topological polar surface area (TPSA) is 23.6 Å². The molecule has 0 saturated carbocycles. The van der Waals surface area contributed by atoms with Gasteiger partial charge in [0, 0.05) is 25.3 Å². The second-order valence-corrected chi connectivity index (χ2v) is 6.85. The molecule has 0 radical (unpaired) electrons. The fourth-order valence-corrected chi connectivity index (χ4v) is 3.14. The van der Waals surface area contributed by atoms with Crippen LogP contribution >= 0.6 is 0 Å². The molecule has 0 saturated heterocycles. The van der Waals surface area contributed by atoms with Gasteiger partial charge in [-0.05, 0) is 56.8 Å². The summed E-state index contributed by atoms with van der Waals surface area (Å²) < 4.78 is 0. The molecule has 2 rings (SSSR count). The zero-order chi connectivity index (χ0) is 18.4. The van der Waals surface area contributed by atoms with Crippen LogP contribution in [-0.2, 0) is 6.42 Å². The summed E-state index contributed by atoms with van der Waals surface area (Å²) in [6.07, 6.45) is 3.10. The van der Waals surface area contributed by atoms with E-state index in [1.165, 1.54) is 0 Å². The van der Waals surface area contributed by atoms with Gasteiger partial charge < -0.3 is 4.90 Å². The van der Waals surface area contributed by atoms with E-state index in [4.69, 9.17) is 0 Å². The molecule has 3 heteroatoms. The second kappa shape index (κ2) is 8.13. The summed E-state index contributed by atoms with van der Waals surface area (Å²) >= 11 is 0. The molecule has 0 heterocycles. The second-order valence-electron chi connectivity index (χ2n) is 6.85. The number of ketones is 1. The minimum absolute atomic E-state index is 0.131. The highest BCUT2D eigenvalue weighted by Gasteiger charge is 2.40. The Bertz CT molecular complexity index is 705. The van der Waals surface area contributed by atoms with Crippen LogP contribution in [0.4, 0.5) is 5.69 Å². The molecule has 2 aromatic rings. The number of hydrogen-bond donors (Lipinski definition) is 0. The highest BCUT2D eigenvalue weighted by atomic mass is 16.1. The van der Waals surface area contributed by atoms with Crippen LogP contribution in [0.15, 0.2) is 67.3 Å². The van der Waals surface area contributed by atoms with Gasteiger partial charge in [-0.1, -0.05) is 36.4 Å². The van der Waals surface area contributed by atoms with Gasteiger partial charge in [-0.15, -0.1) is 6.58 Å². The summed E-state index contributed by atoms with van der Waals surface area (Å²) in [4.78, 5) is 17.5. The first-order chi connectivity index (χ1) is 11.9. The third kappa shape index (κ3) is 4.18. The first-order valence-electron chi connectivity index (χ1n) is 8.55. The standard InChI is InChI=1S/C22H28N2O/c1-6-16-22(24(4)5,17-18-10-8-7-9-11-18)21(25)19-12-14-20(15-13-19)23(2)3/h6-15H,1,16-17H2,2-5H3. The zero-order valence-electron chi connectivity index (χ0n) is 15.7. The van der Waals surface area contributed by atoms with Crippen LogP contribution < -0.4 is 4.90 Å². The molecule has 2 aromatic carbocycles. The fraction of sp³-hybridized carbons (Fsp3) is 0.318. The van der Waals surface area contributed by atoms with Crippen molar-refractivity contribution in [2.45, 2.75) is 18.4 Å². The first-order valence-corrected chi connectivity index (χ1v) is 8.55. The van der Waals surface area contributed by atoms with Gasteiger partial charge >= 0.3 is 0 Å². The quantitative estimate of drug-likeness (QED) is 0.537. The SMILES string of the molecule is C=CCC(Cc1ccccc1)(C(=O)c1ccc(N(C)C)cc1)N(C)C. The average molecular weight is 336 g/mol. The van der Waals surface area contributed by atoms with E-state index in [1.807, 2.05) is 86.5 Å². The molecule has 25 heavy (non-hydrogen) atoms. The summed E-state index contributed by atoms with van der Waals surface area (Å²) in [6.45, 7) is 3.90. The lowest BCUT2D eigenvalue weighted by Crippen LogP contribution is -2.52. The van der Waals surface area contributed by atoms with Crippen molar-refractivity contribution in [2.24, 2.45) is 0 Å². The average Bonchev–Trinajstić information content (AvgIpc) is 2.61. The molecule has 1 unspecified atom stereocenters. The molecule has 132 valence electrons. The van der Waals surface area contributed by atoms with Crippen molar-refractivity contribution in [1.29, 1.82) is 0 Å². The van der Waals surface area contributed by atoms with Crippen molar-refractivity contribution >= 4 is 11.5 Å². The van der Waals surface area contributed by atoms with E-state index in [0.717, 1.165) is 16.8 Å². The van der Waals surface area contributed by atoms with Crippen LogP contribution in [0, 0.1) is 0 Å². The summed E-state index contributed by atoms with van der Waals surface area (Å²) in [5.74, 6) is 0.131. The van der Waals surface area contributed by atoms with Gasteiger partial charge in [-0.3, -0.25) is 9.69 Å². The molecule has 0 aromatic heterocycles. The van der Waals surface area contributed by atoms with Crippen LogP contribution in [0.25, 0.3) is 0 Å². The van der Waals surface area contributed by atoms with Gasteiger partial charge in [0.15, 0.2) is 5.78 Å². The van der Waals surface area contributed by atoms with E-state index >= 15 is 0 Å². The Hall–Kier alpha value is -2.39. The molecular formula is C22H28N2O. The van der Waals surface area contributed by atoms with Crippen molar-refractivity contribution in [3.05, 3.63) is 78.4 Å². The normalized spacial score (nSPS) is 13.3. The molecule has 0 amide bonds. The number of anilines is 1. The Labute approximate surface area is 151 Å². The third-order valence-corrected chi connectivity index (χ3v) is 4.75. The number of Topliss-reactive ketones (excluding diaryl/α,β-unsaturated/α-hetero) is 1. The number of likely N-dealkylation sites (N-methyl/N-ethyl adjacent to an activating group) is 1. The fourth-order valence-electron chi connectivity index (χ4n) is 3.14. The number of carbonyl (C=O) groups is 1. The van der Waals surface area contributed by atoms with Crippen molar-refractivity contribution in [3.8, 4) is 0 Å². The molecule has 3 nitrogen and oxygen atoms in total. The van der Waals surface area contributed by atoms with E-state index in [0.29, 0.717) is 12.8 Å². The highest BCUT2D eigenvalue weighted by molar-refractivity contribution is 6.03. The van der Waals surface area contributed by atoms with E-state index in [9.17, 15) is 4.79 Å². The number of rotatable bonds is 8. The third-order valence-electron chi connectivity index (χ3n) is 4.75. The summed E-state index contributed by atoms with van der Waals surface area (Å²) in [5.41, 5.74) is 2.33. The Morgan fingerprint density at radius 3 is 2.08 bits per heavy atom. The van der Waals surface area contributed by atoms with Crippen LogP contribution in [0.1, 0.15) is 22.3 Å². The maximum atomic E-state index is 13.5. The van der Waals surface area contributed by atoms with Crippen LogP contribution in [0.2, 0.25) is 0 Å². The predicted octanol–water partition coefficient (Wildman–Crippen LogP) is 4.05. The van der Waals surface area contributed by atoms with Gasteiger partial charge in [0.2, 0.25) is 0 Å². The van der Waals surface area contributed by atoms with Gasteiger partial charge in [0.25, 0.3) is 0 Å². The van der Waals surface area contributed by atoms with E-state index in [2.05, 4.69) is 18.7 Å². The lowest BCUT2D eigenvalue weighted by atomic mass is 9.79. The number of carbonyl (C=O) groups excluding carboxylic acids is 1. The van der Waals surface area contributed by atoms with E-state index in [-0.39, 0.29) is 5.78 Å². The lowest BCUT2D eigenvalue weighted by molar-refractivity contribution is 0.0683. The Kier molecular flexibility index (Phi) is 6.16. The molecule has 0 fully saturated rings. The largest absolute Gasteiger partial charge is 0.378 e. The summed E-state index contributed by atoms with van der Waals surface area (Å²) in [5, 5.41) is 0. The van der Waals surface area contributed by atoms with Crippen molar-refractivity contribution in [2.75, 3.05) is 33.1 Å². The Balaban J connectivity index is 2.42. The monoisotopic (exact) mass is 336 g/mol. The minimum atomic E-state index is -0.636. The van der Waals surface area contributed by atoms with Gasteiger partial charge in [0.05, 0.1) is 5.54 Å². The van der Waals surface area contributed by atoms with Gasteiger partial charge in [-0.2, -0.15) is 0 Å². The molecule has 0 aliphatic rings. The molecule has 0 N–H and O–H groups in total. The van der Waals surface area contributed by atoms with Crippen LogP contribution in [-0.4, -0.2) is 44.4 Å². The highest BCUT2D eigenvalue weighted by Crippen LogP contribution is 2.29. The maximum absolute atomic E-state index is 13.5. The van der Waals surface area contributed by atoms with E-state index in [1.54, 1.807) is 0 Å². The van der Waals surface area contributed by atoms with Crippen molar-refractivity contribution < 1.29 is 4.79 Å². The first kappa shape index (κ1) is 18.9. The molecular weight excluding hydrogens is 308 g/mol. The van der Waals surface area contributed by atoms with Crippen molar-refractivity contribution in [3.63, 3.8) is 0 Å². The molecule has 0 spiro atoms.